The van der Waals surface area contributed by atoms with Crippen LogP contribution in [0.4, 0.5) is 8.78 Å². The molecule has 0 aliphatic heterocycles. The van der Waals surface area contributed by atoms with Crippen molar-refractivity contribution in [2.45, 2.75) is 46.1 Å². The van der Waals surface area contributed by atoms with Crippen LogP contribution in [0.25, 0.3) is 0 Å². The van der Waals surface area contributed by atoms with Crippen molar-refractivity contribution in [1.82, 2.24) is 5.32 Å². The monoisotopic (exact) mass is 329 g/mol. The van der Waals surface area contributed by atoms with Crippen LogP contribution in [0.3, 0.4) is 0 Å². The van der Waals surface area contributed by atoms with E-state index in [2.05, 4.69) is 30.8 Å². The van der Waals surface area contributed by atoms with Gasteiger partial charge in [-0.2, -0.15) is 8.78 Å². The van der Waals surface area contributed by atoms with Gasteiger partial charge in [0.25, 0.3) is 0 Å². The molecule has 0 aromatic heterocycles. The van der Waals surface area contributed by atoms with Crippen molar-refractivity contribution in [2.24, 2.45) is 11.3 Å². The Balaban J connectivity index is 2.04. The summed E-state index contributed by atoms with van der Waals surface area (Å²) < 4.78 is 40.0. The molecular weight excluding hydrogens is 304 g/mol. The van der Waals surface area contributed by atoms with Crippen molar-refractivity contribution in [3.05, 3.63) is 23.8 Å². The van der Waals surface area contributed by atoms with Crippen LogP contribution in [-0.2, 0) is 11.3 Å². The lowest BCUT2D eigenvalue weighted by Gasteiger charge is -2.56. The minimum atomic E-state index is -2.87. The first-order chi connectivity index (χ1) is 10.8. The normalized spacial score (nSPS) is 26.0. The Bertz CT molecular complexity index is 537. The fourth-order valence-electron chi connectivity index (χ4n) is 3.80. The molecule has 0 unspecified atom stereocenters. The third kappa shape index (κ3) is 3.58. The van der Waals surface area contributed by atoms with E-state index in [1.165, 1.54) is 7.11 Å². The number of nitrogens with one attached hydrogen (secondary N) is 1. The van der Waals surface area contributed by atoms with Crippen LogP contribution in [0.15, 0.2) is 18.2 Å². The van der Waals surface area contributed by atoms with Crippen molar-refractivity contribution in [3.63, 3.8) is 0 Å². The number of rotatable bonds is 7. The highest BCUT2D eigenvalue weighted by atomic mass is 19.3. The predicted octanol–water partition coefficient (Wildman–Crippen LogP) is 3.45. The van der Waals surface area contributed by atoms with E-state index in [0.29, 0.717) is 24.3 Å². The van der Waals surface area contributed by atoms with Gasteiger partial charge in [-0.15, -0.1) is 0 Å². The van der Waals surface area contributed by atoms with Gasteiger partial charge in [-0.05, 0) is 23.6 Å². The molecule has 2 rings (SSSR count). The maximum atomic E-state index is 12.5. The van der Waals surface area contributed by atoms with Crippen molar-refractivity contribution >= 4 is 0 Å². The number of methoxy groups -OCH3 is 2. The molecule has 0 amide bonds. The molecule has 130 valence electrons. The van der Waals surface area contributed by atoms with Gasteiger partial charge in [0.2, 0.25) is 0 Å². The zero-order valence-electron chi connectivity index (χ0n) is 14.2. The fourth-order valence-corrected chi connectivity index (χ4v) is 3.80. The highest BCUT2D eigenvalue weighted by molar-refractivity contribution is 5.43. The first-order valence-corrected chi connectivity index (χ1v) is 7.69. The molecule has 0 heterocycles. The van der Waals surface area contributed by atoms with E-state index in [1.54, 1.807) is 19.2 Å². The molecule has 0 radical (unpaired) electrons. The molecular formula is C17H25F2NO3. The fraction of sp³-hybridized carbons (Fsp3) is 0.647. The average molecular weight is 329 g/mol. The van der Waals surface area contributed by atoms with E-state index >= 15 is 0 Å². The van der Waals surface area contributed by atoms with Crippen molar-refractivity contribution in [2.75, 3.05) is 14.2 Å². The molecule has 6 heteroatoms. The molecule has 1 aromatic rings. The quantitative estimate of drug-likeness (QED) is 0.832. The minimum absolute atomic E-state index is 0.0307. The Morgan fingerprint density at radius 2 is 1.91 bits per heavy atom. The van der Waals surface area contributed by atoms with E-state index in [0.717, 1.165) is 5.56 Å². The summed E-state index contributed by atoms with van der Waals surface area (Å²) in [5.41, 5.74) is 0.897. The average Bonchev–Trinajstić information content (AvgIpc) is 2.47. The van der Waals surface area contributed by atoms with Crippen LogP contribution in [0, 0.1) is 11.3 Å². The summed E-state index contributed by atoms with van der Waals surface area (Å²) in [6.45, 7) is 4.17. The number of hydrogen-bond acceptors (Lipinski definition) is 4. The van der Waals surface area contributed by atoms with E-state index in [4.69, 9.17) is 9.47 Å². The summed E-state index contributed by atoms with van der Waals surface area (Å²) >= 11 is 0. The second-order valence-electron chi connectivity index (χ2n) is 6.56. The first kappa shape index (κ1) is 17.9. The molecule has 0 bridgehead atoms. The summed E-state index contributed by atoms with van der Waals surface area (Å²) in [5, 5.41) is 3.49. The zero-order chi connectivity index (χ0) is 17.2. The Morgan fingerprint density at radius 3 is 2.43 bits per heavy atom. The van der Waals surface area contributed by atoms with Crippen LogP contribution in [-0.4, -0.2) is 33.0 Å². The number of alkyl halides is 2. The lowest BCUT2D eigenvalue weighted by Crippen LogP contribution is -2.66. The standard InChI is InChI=1S/C17H25F2NO3/c1-10-14(17(2,3)15(10)22-5)20-9-11-6-7-12(21-4)13(8-11)23-16(18)19/h6-8,10,14-16,20H,9H2,1-5H3/t10-,14-,15-/m1/s1. The SMILES string of the molecule is COc1ccc(CN[C@@H]2[C@@H](C)[C@@H](OC)C2(C)C)cc1OC(F)F. The van der Waals surface area contributed by atoms with Crippen LogP contribution in [0.2, 0.25) is 0 Å². The van der Waals surface area contributed by atoms with Gasteiger partial charge in [0.15, 0.2) is 11.5 Å². The number of benzene rings is 1. The summed E-state index contributed by atoms with van der Waals surface area (Å²) in [4.78, 5) is 0. The molecule has 1 aliphatic carbocycles. The summed E-state index contributed by atoms with van der Waals surface area (Å²) in [7, 11) is 3.16. The molecule has 23 heavy (non-hydrogen) atoms. The minimum Gasteiger partial charge on any atom is -0.493 e. The summed E-state index contributed by atoms with van der Waals surface area (Å²) in [6.07, 6.45) is 0.216. The molecule has 1 aromatic carbocycles. The van der Waals surface area contributed by atoms with Gasteiger partial charge in [0, 0.05) is 25.1 Å². The number of halogens is 2. The van der Waals surface area contributed by atoms with Crippen LogP contribution >= 0.6 is 0 Å². The molecule has 1 N–H and O–H groups in total. The molecule has 1 saturated carbocycles. The van der Waals surface area contributed by atoms with Gasteiger partial charge in [0.05, 0.1) is 13.2 Å². The number of hydrogen-bond donors (Lipinski definition) is 1. The Labute approximate surface area is 136 Å². The van der Waals surface area contributed by atoms with E-state index in [1.807, 2.05) is 6.07 Å². The maximum Gasteiger partial charge on any atom is 0.387 e. The maximum absolute atomic E-state index is 12.5. The van der Waals surface area contributed by atoms with E-state index in [-0.39, 0.29) is 17.3 Å². The lowest BCUT2D eigenvalue weighted by molar-refractivity contribution is -0.145. The Hall–Kier alpha value is -1.40. The topological polar surface area (TPSA) is 39.7 Å². The highest BCUT2D eigenvalue weighted by Crippen LogP contribution is 2.47. The van der Waals surface area contributed by atoms with Gasteiger partial charge >= 0.3 is 6.61 Å². The third-order valence-corrected chi connectivity index (χ3v) is 4.76. The summed E-state index contributed by atoms with van der Waals surface area (Å²) in [6, 6.07) is 5.37. The van der Waals surface area contributed by atoms with E-state index < -0.39 is 6.61 Å². The molecule has 4 nitrogen and oxygen atoms in total. The van der Waals surface area contributed by atoms with Gasteiger partial charge in [-0.3, -0.25) is 0 Å². The van der Waals surface area contributed by atoms with Crippen LogP contribution < -0.4 is 14.8 Å². The van der Waals surface area contributed by atoms with Crippen molar-refractivity contribution in [3.8, 4) is 11.5 Å². The predicted molar refractivity (Wildman–Crippen MR) is 84.0 cm³/mol. The second-order valence-corrected chi connectivity index (χ2v) is 6.56. The van der Waals surface area contributed by atoms with Gasteiger partial charge < -0.3 is 19.5 Å². The van der Waals surface area contributed by atoms with Gasteiger partial charge in [-0.1, -0.05) is 26.8 Å². The third-order valence-electron chi connectivity index (χ3n) is 4.76. The second kappa shape index (κ2) is 7.01. The smallest absolute Gasteiger partial charge is 0.387 e. The lowest BCUT2D eigenvalue weighted by atomic mass is 9.58. The molecule has 0 saturated heterocycles. The number of ether oxygens (including phenoxy) is 3. The highest BCUT2D eigenvalue weighted by Gasteiger charge is 2.54. The molecule has 1 fully saturated rings. The summed E-state index contributed by atoms with van der Waals surface area (Å²) in [5.74, 6) is 0.744. The van der Waals surface area contributed by atoms with E-state index in [9.17, 15) is 8.78 Å². The van der Waals surface area contributed by atoms with Crippen LogP contribution in [0.5, 0.6) is 11.5 Å². The largest absolute Gasteiger partial charge is 0.493 e. The molecule has 0 spiro atoms. The Kier molecular flexibility index (Phi) is 5.47. The zero-order valence-corrected chi connectivity index (χ0v) is 14.2. The van der Waals surface area contributed by atoms with Crippen LogP contribution in [0.1, 0.15) is 26.3 Å². The Morgan fingerprint density at radius 1 is 1.22 bits per heavy atom. The van der Waals surface area contributed by atoms with Crippen molar-refractivity contribution in [1.29, 1.82) is 0 Å². The van der Waals surface area contributed by atoms with Gasteiger partial charge in [0.1, 0.15) is 0 Å². The molecule has 3 atom stereocenters. The molecule has 1 aliphatic rings. The van der Waals surface area contributed by atoms with Crippen molar-refractivity contribution < 1.29 is 23.0 Å². The van der Waals surface area contributed by atoms with Gasteiger partial charge in [-0.25, -0.2) is 0 Å². The first-order valence-electron chi connectivity index (χ1n) is 7.69.